The predicted molar refractivity (Wildman–Crippen MR) is 70.6 cm³/mol. The minimum atomic E-state index is -0.0458. The van der Waals surface area contributed by atoms with Crippen molar-refractivity contribution in [2.75, 3.05) is 19.8 Å². The van der Waals surface area contributed by atoms with Crippen LogP contribution in [0.1, 0.15) is 43.2 Å². The molecule has 1 amide bonds. The number of aryl methyl sites for hydroxylation is 1. The number of hydrogen-bond acceptors (Lipinski definition) is 3. The van der Waals surface area contributed by atoms with Crippen molar-refractivity contribution in [3.8, 4) is 0 Å². The zero-order chi connectivity index (χ0) is 13.2. The Bertz CT molecular complexity index is 451. The van der Waals surface area contributed by atoms with Gasteiger partial charge in [0.15, 0.2) is 0 Å². The molecular weight excluding hydrogens is 242 g/mol. The molecule has 0 bridgehead atoms. The Kier molecular flexibility index (Phi) is 3.55. The van der Waals surface area contributed by atoms with Gasteiger partial charge in [0, 0.05) is 24.4 Å². The number of hydrogen-bond donors (Lipinski definition) is 1. The van der Waals surface area contributed by atoms with E-state index in [1.54, 1.807) is 0 Å². The molecular formula is C14H21N3O2. The molecule has 1 saturated carbocycles. The maximum Gasteiger partial charge on any atom is 0.226 e. The number of nitrogens with zero attached hydrogens (tertiary/aromatic N) is 2. The molecule has 2 heterocycles. The van der Waals surface area contributed by atoms with Gasteiger partial charge in [-0.2, -0.15) is 0 Å². The fraction of sp³-hybridized carbons (Fsp3) is 0.714. The molecule has 19 heavy (non-hydrogen) atoms. The number of ether oxygens (including phenoxy) is 1. The van der Waals surface area contributed by atoms with E-state index in [1.165, 1.54) is 12.8 Å². The molecule has 1 aliphatic carbocycles. The number of aromatic nitrogens is 2. The number of carbonyl (C=O) groups excluding carboxylic acids is 1. The highest BCUT2D eigenvalue weighted by Crippen LogP contribution is 2.30. The van der Waals surface area contributed by atoms with Crippen LogP contribution in [-0.4, -0.2) is 40.5 Å². The summed E-state index contributed by atoms with van der Waals surface area (Å²) in [5.74, 6) is 1.36. The Balaban J connectivity index is 1.78. The second kappa shape index (κ2) is 5.33. The Morgan fingerprint density at radius 3 is 2.95 bits per heavy atom. The first kappa shape index (κ1) is 12.7. The number of morpholine rings is 1. The fourth-order valence-electron chi connectivity index (χ4n) is 3.10. The molecule has 5 heteroatoms. The van der Waals surface area contributed by atoms with Crippen LogP contribution in [0, 0.1) is 12.8 Å². The molecule has 0 aromatic carbocycles. The number of carbonyl (C=O) groups is 1. The van der Waals surface area contributed by atoms with Crippen molar-refractivity contribution in [3.63, 3.8) is 0 Å². The van der Waals surface area contributed by atoms with E-state index in [2.05, 4.69) is 9.97 Å². The molecule has 104 valence electrons. The van der Waals surface area contributed by atoms with Gasteiger partial charge in [-0.15, -0.1) is 0 Å². The van der Waals surface area contributed by atoms with Crippen molar-refractivity contribution in [1.29, 1.82) is 0 Å². The molecule has 1 atom stereocenters. The van der Waals surface area contributed by atoms with Crippen molar-refractivity contribution >= 4 is 5.91 Å². The summed E-state index contributed by atoms with van der Waals surface area (Å²) >= 11 is 0. The van der Waals surface area contributed by atoms with Crippen LogP contribution in [0.5, 0.6) is 0 Å². The summed E-state index contributed by atoms with van der Waals surface area (Å²) in [4.78, 5) is 22.2. The highest BCUT2D eigenvalue weighted by Gasteiger charge is 2.35. The second-order valence-electron chi connectivity index (χ2n) is 5.56. The number of imidazole rings is 1. The van der Waals surface area contributed by atoms with Crippen LogP contribution in [0.2, 0.25) is 0 Å². The summed E-state index contributed by atoms with van der Waals surface area (Å²) in [5.41, 5.74) is 1.02. The van der Waals surface area contributed by atoms with Crippen LogP contribution in [0.25, 0.3) is 0 Å². The molecule has 1 aliphatic heterocycles. The lowest BCUT2D eigenvalue weighted by Gasteiger charge is -2.36. The average Bonchev–Trinajstić information content (AvgIpc) is 3.09. The third kappa shape index (κ3) is 2.52. The van der Waals surface area contributed by atoms with Crippen molar-refractivity contribution in [2.45, 2.75) is 38.6 Å². The first-order valence-electron chi connectivity index (χ1n) is 7.15. The fourth-order valence-corrected chi connectivity index (χ4v) is 3.10. The minimum absolute atomic E-state index is 0.0458. The summed E-state index contributed by atoms with van der Waals surface area (Å²) in [6.07, 6.45) is 6.26. The van der Waals surface area contributed by atoms with Crippen LogP contribution >= 0.6 is 0 Å². The SMILES string of the molecule is Cc1cnc(C2COCCN2C(=O)C2CCCC2)[nH]1. The minimum Gasteiger partial charge on any atom is -0.377 e. The molecule has 0 radical (unpaired) electrons. The summed E-state index contributed by atoms with van der Waals surface area (Å²) < 4.78 is 5.53. The zero-order valence-electron chi connectivity index (χ0n) is 11.4. The Morgan fingerprint density at radius 2 is 2.26 bits per heavy atom. The summed E-state index contributed by atoms with van der Waals surface area (Å²) in [5, 5.41) is 0. The Hall–Kier alpha value is -1.36. The van der Waals surface area contributed by atoms with Gasteiger partial charge < -0.3 is 14.6 Å². The van der Waals surface area contributed by atoms with Gasteiger partial charge in [0.25, 0.3) is 0 Å². The van der Waals surface area contributed by atoms with Gasteiger partial charge in [0.1, 0.15) is 11.9 Å². The van der Waals surface area contributed by atoms with E-state index >= 15 is 0 Å². The molecule has 5 nitrogen and oxygen atoms in total. The van der Waals surface area contributed by atoms with Crippen LogP contribution in [0.4, 0.5) is 0 Å². The van der Waals surface area contributed by atoms with E-state index in [1.807, 2.05) is 18.0 Å². The van der Waals surface area contributed by atoms with Gasteiger partial charge in [-0.3, -0.25) is 4.79 Å². The van der Waals surface area contributed by atoms with Crippen molar-refractivity contribution in [3.05, 3.63) is 17.7 Å². The number of aromatic amines is 1. The van der Waals surface area contributed by atoms with Crippen molar-refractivity contribution in [2.24, 2.45) is 5.92 Å². The number of nitrogens with one attached hydrogen (secondary N) is 1. The number of rotatable bonds is 2. The van der Waals surface area contributed by atoms with Crippen LogP contribution in [0.15, 0.2) is 6.20 Å². The lowest BCUT2D eigenvalue weighted by molar-refractivity contribution is -0.144. The topological polar surface area (TPSA) is 58.2 Å². The summed E-state index contributed by atoms with van der Waals surface area (Å²) in [6.45, 7) is 3.84. The lowest BCUT2D eigenvalue weighted by Crippen LogP contribution is -2.46. The van der Waals surface area contributed by atoms with Gasteiger partial charge in [0.05, 0.1) is 13.2 Å². The van der Waals surface area contributed by atoms with Crippen molar-refractivity contribution in [1.82, 2.24) is 14.9 Å². The van der Waals surface area contributed by atoms with E-state index < -0.39 is 0 Å². The first-order chi connectivity index (χ1) is 9.25. The summed E-state index contributed by atoms with van der Waals surface area (Å²) in [7, 11) is 0. The predicted octanol–water partition coefficient (Wildman–Crippen LogP) is 1.81. The molecule has 1 aromatic heterocycles. The van der Waals surface area contributed by atoms with Crippen LogP contribution in [-0.2, 0) is 9.53 Å². The van der Waals surface area contributed by atoms with E-state index in [4.69, 9.17) is 4.74 Å². The normalized spacial score (nSPS) is 24.9. The third-order valence-electron chi connectivity index (χ3n) is 4.15. The standard InChI is InChI=1S/C14H21N3O2/c1-10-8-15-13(16-10)12-9-19-7-6-17(12)14(18)11-4-2-3-5-11/h8,11-12H,2-7,9H2,1H3,(H,15,16). The highest BCUT2D eigenvalue weighted by atomic mass is 16.5. The molecule has 1 saturated heterocycles. The van der Waals surface area contributed by atoms with Gasteiger partial charge in [0.2, 0.25) is 5.91 Å². The quantitative estimate of drug-likeness (QED) is 0.885. The number of amides is 1. The van der Waals surface area contributed by atoms with Gasteiger partial charge in [-0.25, -0.2) is 4.98 Å². The molecule has 2 fully saturated rings. The van der Waals surface area contributed by atoms with Gasteiger partial charge >= 0.3 is 0 Å². The average molecular weight is 263 g/mol. The molecule has 1 unspecified atom stereocenters. The van der Waals surface area contributed by atoms with E-state index in [0.717, 1.165) is 24.4 Å². The molecule has 2 aliphatic rings. The van der Waals surface area contributed by atoms with Crippen molar-refractivity contribution < 1.29 is 9.53 Å². The smallest absolute Gasteiger partial charge is 0.226 e. The monoisotopic (exact) mass is 263 g/mol. The van der Waals surface area contributed by atoms with Crippen LogP contribution in [0.3, 0.4) is 0 Å². The maximum absolute atomic E-state index is 12.6. The Labute approximate surface area is 113 Å². The molecule has 1 aromatic rings. The largest absolute Gasteiger partial charge is 0.377 e. The third-order valence-corrected chi connectivity index (χ3v) is 4.15. The van der Waals surface area contributed by atoms with E-state index in [0.29, 0.717) is 25.7 Å². The highest BCUT2D eigenvalue weighted by molar-refractivity contribution is 5.79. The van der Waals surface area contributed by atoms with Gasteiger partial charge in [-0.05, 0) is 19.8 Å². The van der Waals surface area contributed by atoms with Crippen LogP contribution < -0.4 is 0 Å². The van der Waals surface area contributed by atoms with E-state index in [9.17, 15) is 4.79 Å². The maximum atomic E-state index is 12.6. The van der Waals surface area contributed by atoms with Gasteiger partial charge in [-0.1, -0.05) is 12.8 Å². The lowest BCUT2D eigenvalue weighted by atomic mass is 10.0. The summed E-state index contributed by atoms with van der Waals surface area (Å²) in [6, 6.07) is -0.0458. The molecule has 0 spiro atoms. The second-order valence-corrected chi connectivity index (χ2v) is 5.56. The molecule has 3 rings (SSSR count). The first-order valence-corrected chi connectivity index (χ1v) is 7.15. The van der Waals surface area contributed by atoms with E-state index in [-0.39, 0.29) is 12.0 Å². The Morgan fingerprint density at radius 1 is 1.47 bits per heavy atom. The number of H-pyrrole nitrogens is 1. The zero-order valence-corrected chi connectivity index (χ0v) is 11.4. The molecule has 1 N–H and O–H groups in total.